The molecule has 0 saturated heterocycles. The summed E-state index contributed by atoms with van der Waals surface area (Å²) in [5.41, 5.74) is 7.23. The number of nitrogen functional groups attached to an aromatic ring is 1. The molecule has 0 fully saturated rings. The maximum absolute atomic E-state index is 13.4. The number of pyridine rings is 1. The van der Waals surface area contributed by atoms with Crippen LogP contribution in [0.3, 0.4) is 0 Å². The van der Waals surface area contributed by atoms with E-state index in [1.807, 2.05) is 13.8 Å². The van der Waals surface area contributed by atoms with Gasteiger partial charge in [-0.05, 0) is 52.2 Å². The number of amides is 1. The van der Waals surface area contributed by atoms with Crippen LogP contribution < -0.4 is 11.1 Å². The molecule has 0 bridgehead atoms. The van der Waals surface area contributed by atoms with Crippen molar-refractivity contribution in [1.29, 1.82) is 0 Å². The average Bonchev–Trinajstić information content (AvgIpc) is 2.42. The zero-order valence-electron chi connectivity index (χ0n) is 11.7. The summed E-state index contributed by atoms with van der Waals surface area (Å²) < 4.78 is 13.8. The van der Waals surface area contributed by atoms with Crippen molar-refractivity contribution in [3.63, 3.8) is 0 Å². The van der Waals surface area contributed by atoms with Gasteiger partial charge >= 0.3 is 0 Å². The van der Waals surface area contributed by atoms with Gasteiger partial charge in [0.1, 0.15) is 11.6 Å². The molecule has 0 radical (unpaired) electrons. The molecule has 0 spiro atoms. The number of rotatable bonds is 3. The molecule has 0 unspecified atom stereocenters. The van der Waals surface area contributed by atoms with Crippen molar-refractivity contribution in [3.05, 3.63) is 51.9 Å². The first kappa shape index (κ1) is 15.4. The lowest BCUT2D eigenvalue weighted by molar-refractivity contribution is 0.102. The number of hydrogen-bond acceptors (Lipinski definition) is 3. The Bertz CT molecular complexity index is 689. The van der Waals surface area contributed by atoms with Gasteiger partial charge in [0, 0.05) is 16.9 Å². The molecule has 1 heterocycles. The molecule has 4 nitrogen and oxygen atoms in total. The van der Waals surface area contributed by atoms with Gasteiger partial charge in [-0.2, -0.15) is 0 Å². The first-order chi connectivity index (χ1) is 9.86. The van der Waals surface area contributed by atoms with Crippen molar-refractivity contribution in [1.82, 2.24) is 4.98 Å². The third-order valence-corrected chi connectivity index (χ3v) is 3.54. The van der Waals surface area contributed by atoms with Gasteiger partial charge in [-0.1, -0.05) is 13.8 Å². The molecular weight excluding hydrogens is 337 g/mol. The average molecular weight is 352 g/mol. The molecule has 6 heteroatoms. The Morgan fingerprint density at radius 3 is 2.67 bits per heavy atom. The molecule has 0 aliphatic carbocycles. The molecular formula is C15H15BrFN3O. The van der Waals surface area contributed by atoms with Crippen LogP contribution in [0.5, 0.6) is 0 Å². The number of benzene rings is 1. The number of carbonyl (C=O) groups is 1. The molecule has 110 valence electrons. The normalized spacial score (nSPS) is 10.7. The quantitative estimate of drug-likeness (QED) is 0.879. The standard InChI is InChI=1S/C15H15BrFN3O/c1-8(2)13-5-9(6-14(18)20-13)15(21)19-10-3-4-11(16)12(17)7-10/h3-8H,1-2H3,(H2,18,20)(H,19,21). The van der Waals surface area contributed by atoms with Gasteiger partial charge in [-0.15, -0.1) is 0 Å². The molecule has 1 aromatic carbocycles. The highest BCUT2D eigenvalue weighted by atomic mass is 79.9. The number of nitrogens with zero attached hydrogens (tertiary/aromatic N) is 1. The lowest BCUT2D eigenvalue weighted by Crippen LogP contribution is -2.14. The van der Waals surface area contributed by atoms with E-state index in [4.69, 9.17) is 5.73 Å². The Morgan fingerprint density at radius 2 is 2.05 bits per heavy atom. The van der Waals surface area contributed by atoms with E-state index >= 15 is 0 Å². The molecule has 2 aromatic rings. The summed E-state index contributed by atoms with van der Waals surface area (Å²) in [5.74, 6) is -0.351. The summed E-state index contributed by atoms with van der Waals surface area (Å²) in [6.07, 6.45) is 0. The number of aromatic nitrogens is 1. The Balaban J connectivity index is 2.25. The minimum Gasteiger partial charge on any atom is -0.384 e. The largest absolute Gasteiger partial charge is 0.384 e. The molecule has 0 saturated carbocycles. The van der Waals surface area contributed by atoms with Crippen LogP contribution in [0.15, 0.2) is 34.8 Å². The Labute approximate surface area is 130 Å². The molecule has 21 heavy (non-hydrogen) atoms. The van der Waals surface area contributed by atoms with E-state index < -0.39 is 5.82 Å². The summed E-state index contributed by atoms with van der Waals surface area (Å²) in [6, 6.07) is 7.57. The van der Waals surface area contributed by atoms with Crippen molar-refractivity contribution < 1.29 is 9.18 Å². The zero-order chi connectivity index (χ0) is 15.6. The molecule has 0 aliphatic rings. The molecule has 0 atom stereocenters. The monoisotopic (exact) mass is 351 g/mol. The van der Waals surface area contributed by atoms with Crippen molar-refractivity contribution in [2.75, 3.05) is 11.1 Å². The van der Waals surface area contributed by atoms with E-state index in [2.05, 4.69) is 26.2 Å². The second-order valence-electron chi connectivity index (χ2n) is 4.94. The van der Waals surface area contributed by atoms with E-state index in [0.29, 0.717) is 15.7 Å². The fraction of sp³-hybridized carbons (Fsp3) is 0.200. The van der Waals surface area contributed by atoms with Gasteiger partial charge in [0.2, 0.25) is 0 Å². The van der Waals surface area contributed by atoms with Gasteiger partial charge in [0.15, 0.2) is 0 Å². The SMILES string of the molecule is CC(C)c1cc(C(=O)Nc2ccc(Br)c(F)c2)cc(N)n1. The van der Waals surface area contributed by atoms with E-state index in [0.717, 1.165) is 5.69 Å². The van der Waals surface area contributed by atoms with Crippen LogP contribution in [0, 0.1) is 5.82 Å². The Kier molecular flexibility index (Phi) is 4.57. The van der Waals surface area contributed by atoms with Crippen molar-refractivity contribution in [3.8, 4) is 0 Å². The van der Waals surface area contributed by atoms with Gasteiger partial charge in [-0.25, -0.2) is 9.37 Å². The van der Waals surface area contributed by atoms with Crippen LogP contribution in [-0.2, 0) is 0 Å². The predicted molar refractivity (Wildman–Crippen MR) is 84.8 cm³/mol. The first-order valence-electron chi connectivity index (χ1n) is 6.40. The lowest BCUT2D eigenvalue weighted by Gasteiger charge is -2.10. The highest BCUT2D eigenvalue weighted by Crippen LogP contribution is 2.21. The third kappa shape index (κ3) is 3.78. The number of hydrogen-bond donors (Lipinski definition) is 2. The van der Waals surface area contributed by atoms with Gasteiger partial charge in [0.05, 0.1) is 4.47 Å². The summed E-state index contributed by atoms with van der Waals surface area (Å²) >= 11 is 3.06. The molecule has 1 amide bonds. The third-order valence-electron chi connectivity index (χ3n) is 2.90. The van der Waals surface area contributed by atoms with Crippen molar-refractivity contribution in [2.24, 2.45) is 0 Å². The maximum atomic E-state index is 13.4. The van der Waals surface area contributed by atoms with E-state index in [1.165, 1.54) is 18.2 Å². The van der Waals surface area contributed by atoms with E-state index in [1.54, 1.807) is 12.1 Å². The zero-order valence-corrected chi connectivity index (χ0v) is 13.2. The number of nitrogens with two attached hydrogens (primary N) is 1. The summed E-state index contributed by atoms with van der Waals surface area (Å²) in [7, 11) is 0. The van der Waals surface area contributed by atoms with Crippen LogP contribution in [-0.4, -0.2) is 10.9 Å². The molecule has 2 rings (SSSR count). The van der Waals surface area contributed by atoms with Crippen LogP contribution in [0.4, 0.5) is 15.9 Å². The van der Waals surface area contributed by atoms with Crippen LogP contribution >= 0.6 is 15.9 Å². The number of carbonyl (C=O) groups excluding carboxylic acids is 1. The second kappa shape index (κ2) is 6.22. The van der Waals surface area contributed by atoms with Crippen LogP contribution in [0.2, 0.25) is 0 Å². The van der Waals surface area contributed by atoms with Crippen molar-refractivity contribution >= 4 is 33.3 Å². The van der Waals surface area contributed by atoms with Crippen LogP contribution in [0.1, 0.15) is 35.8 Å². The smallest absolute Gasteiger partial charge is 0.255 e. The van der Waals surface area contributed by atoms with E-state index in [-0.39, 0.29) is 17.6 Å². The highest BCUT2D eigenvalue weighted by Gasteiger charge is 2.12. The minimum absolute atomic E-state index is 0.158. The van der Waals surface area contributed by atoms with Crippen molar-refractivity contribution in [2.45, 2.75) is 19.8 Å². The fourth-order valence-corrected chi connectivity index (χ4v) is 2.02. The van der Waals surface area contributed by atoms with E-state index in [9.17, 15) is 9.18 Å². The Morgan fingerprint density at radius 1 is 1.33 bits per heavy atom. The van der Waals surface area contributed by atoms with Gasteiger partial charge in [-0.3, -0.25) is 4.79 Å². The maximum Gasteiger partial charge on any atom is 0.255 e. The lowest BCUT2D eigenvalue weighted by atomic mass is 10.1. The van der Waals surface area contributed by atoms with Gasteiger partial charge < -0.3 is 11.1 Å². The van der Waals surface area contributed by atoms with Crippen LogP contribution in [0.25, 0.3) is 0 Å². The number of halogens is 2. The molecule has 0 aliphatic heterocycles. The number of anilines is 2. The summed E-state index contributed by atoms with van der Waals surface area (Å²) in [5, 5.41) is 2.64. The highest BCUT2D eigenvalue weighted by molar-refractivity contribution is 9.10. The molecule has 1 aromatic heterocycles. The summed E-state index contributed by atoms with van der Waals surface area (Å²) in [4.78, 5) is 16.4. The second-order valence-corrected chi connectivity index (χ2v) is 5.80. The topological polar surface area (TPSA) is 68.0 Å². The van der Waals surface area contributed by atoms with Gasteiger partial charge in [0.25, 0.3) is 5.91 Å². The summed E-state index contributed by atoms with van der Waals surface area (Å²) in [6.45, 7) is 3.93. The minimum atomic E-state index is -0.440. The first-order valence-corrected chi connectivity index (χ1v) is 7.20. The Hall–Kier alpha value is -1.95. The molecule has 3 N–H and O–H groups in total. The number of nitrogens with one attached hydrogen (secondary N) is 1. The predicted octanol–water partition coefficient (Wildman–Crippen LogP) is 3.94. The fourth-order valence-electron chi connectivity index (χ4n) is 1.78.